The molecule has 0 spiro atoms. The van der Waals surface area contributed by atoms with Crippen molar-refractivity contribution in [2.24, 2.45) is 0 Å². The highest BCUT2D eigenvalue weighted by Gasteiger charge is 2.41. The summed E-state index contributed by atoms with van der Waals surface area (Å²) >= 11 is 0. The predicted molar refractivity (Wildman–Crippen MR) is 93.2 cm³/mol. The van der Waals surface area contributed by atoms with Crippen LogP contribution in [0.5, 0.6) is 0 Å². The third-order valence-electron chi connectivity index (χ3n) is 3.90. The van der Waals surface area contributed by atoms with Gasteiger partial charge in [-0.15, -0.1) is 0 Å². The molecule has 0 unspecified atom stereocenters. The van der Waals surface area contributed by atoms with Crippen molar-refractivity contribution in [3.05, 3.63) is 35.5 Å². The van der Waals surface area contributed by atoms with Crippen molar-refractivity contribution < 1.29 is 41.8 Å². The molecule has 156 valence electrons. The van der Waals surface area contributed by atoms with Gasteiger partial charge in [0.15, 0.2) is 5.78 Å². The van der Waals surface area contributed by atoms with Gasteiger partial charge in [0, 0.05) is 17.3 Å². The van der Waals surface area contributed by atoms with E-state index in [1.165, 1.54) is 11.4 Å². The highest BCUT2D eigenvalue weighted by molar-refractivity contribution is 6.16. The third kappa shape index (κ3) is 4.92. The first kappa shape index (κ1) is 21.9. The van der Waals surface area contributed by atoms with Crippen LogP contribution in [-0.4, -0.2) is 54.5 Å². The van der Waals surface area contributed by atoms with Crippen molar-refractivity contribution in [3.8, 4) is 0 Å². The second-order valence-corrected chi connectivity index (χ2v) is 5.82. The Bertz CT molecular complexity index is 951. The molecule has 1 amide bonds. The Kier molecular flexibility index (Phi) is 6.62. The number of Topliss-reactive ketones (excluding diaryl/α,β-unsaturated/α-hetero) is 1. The van der Waals surface area contributed by atoms with E-state index in [0.717, 1.165) is 7.11 Å². The number of halogens is 3. The van der Waals surface area contributed by atoms with Crippen LogP contribution in [0, 0.1) is 0 Å². The van der Waals surface area contributed by atoms with Crippen LogP contribution in [0.4, 0.5) is 13.2 Å². The van der Waals surface area contributed by atoms with E-state index in [2.05, 4.69) is 9.72 Å². The quantitative estimate of drug-likeness (QED) is 0.530. The van der Waals surface area contributed by atoms with Crippen molar-refractivity contribution in [1.82, 2.24) is 10.3 Å². The van der Waals surface area contributed by atoms with Crippen LogP contribution in [0.25, 0.3) is 10.9 Å². The van der Waals surface area contributed by atoms with Gasteiger partial charge in [-0.2, -0.15) is 13.2 Å². The van der Waals surface area contributed by atoms with E-state index < -0.39 is 42.3 Å². The minimum absolute atomic E-state index is 0.0221. The molecule has 2 aromatic rings. The van der Waals surface area contributed by atoms with Gasteiger partial charge in [-0.05, 0) is 13.0 Å². The number of rotatable bonds is 7. The number of hydrogen-bond donors (Lipinski definition) is 2. The summed E-state index contributed by atoms with van der Waals surface area (Å²) in [6, 6.07) is 4.43. The second-order valence-electron chi connectivity index (χ2n) is 5.82. The van der Waals surface area contributed by atoms with Gasteiger partial charge in [0.25, 0.3) is 0 Å². The highest BCUT2D eigenvalue weighted by atomic mass is 19.4. The van der Waals surface area contributed by atoms with Crippen LogP contribution in [0.3, 0.4) is 0 Å². The number of ketones is 1. The standard InChI is InChI=1S/C18H17F3N2O6/c1-3-29-16(26)14-13(9-6-4-5-7-10(9)22-14)12(24)8-11(15(25)28-2)23-17(27)18(19,20)21/h4-7,11,22H,3,8H2,1-2H3,(H,23,27)/t11-/m0/s1. The molecule has 1 heterocycles. The van der Waals surface area contributed by atoms with E-state index in [1.54, 1.807) is 25.1 Å². The van der Waals surface area contributed by atoms with Crippen LogP contribution >= 0.6 is 0 Å². The van der Waals surface area contributed by atoms with Gasteiger partial charge < -0.3 is 19.8 Å². The molecule has 11 heteroatoms. The van der Waals surface area contributed by atoms with Crippen LogP contribution in [0.2, 0.25) is 0 Å². The maximum absolute atomic E-state index is 12.8. The largest absolute Gasteiger partial charge is 0.471 e. The Morgan fingerprint density at radius 1 is 1.17 bits per heavy atom. The van der Waals surface area contributed by atoms with Crippen LogP contribution in [0.15, 0.2) is 24.3 Å². The van der Waals surface area contributed by atoms with Gasteiger partial charge in [0.05, 0.1) is 19.3 Å². The van der Waals surface area contributed by atoms with Crippen molar-refractivity contribution in [2.45, 2.75) is 25.6 Å². The number of benzene rings is 1. The van der Waals surface area contributed by atoms with Gasteiger partial charge in [0.1, 0.15) is 11.7 Å². The summed E-state index contributed by atoms with van der Waals surface area (Å²) in [5.74, 6) is -5.34. The summed E-state index contributed by atoms with van der Waals surface area (Å²) in [5, 5.41) is 1.75. The number of hydrogen-bond acceptors (Lipinski definition) is 6. The average molecular weight is 414 g/mol. The van der Waals surface area contributed by atoms with Gasteiger partial charge in [-0.1, -0.05) is 18.2 Å². The van der Waals surface area contributed by atoms with E-state index in [4.69, 9.17) is 4.74 Å². The molecule has 2 rings (SSSR count). The van der Waals surface area contributed by atoms with Crippen LogP contribution < -0.4 is 5.32 Å². The third-order valence-corrected chi connectivity index (χ3v) is 3.90. The Morgan fingerprint density at radius 3 is 2.41 bits per heavy atom. The topological polar surface area (TPSA) is 115 Å². The maximum atomic E-state index is 12.8. The predicted octanol–water partition coefficient (Wildman–Crippen LogP) is 2.14. The lowest BCUT2D eigenvalue weighted by molar-refractivity contribution is -0.175. The lowest BCUT2D eigenvalue weighted by Crippen LogP contribution is -2.48. The summed E-state index contributed by atoms with van der Waals surface area (Å²) in [4.78, 5) is 50.8. The van der Waals surface area contributed by atoms with Crippen molar-refractivity contribution >= 4 is 34.5 Å². The number of ether oxygens (including phenoxy) is 2. The van der Waals surface area contributed by atoms with E-state index in [-0.39, 0.29) is 17.9 Å². The number of H-pyrrole nitrogens is 1. The Labute approximate surface area is 162 Å². The van der Waals surface area contributed by atoms with Gasteiger partial charge in [-0.25, -0.2) is 9.59 Å². The van der Waals surface area contributed by atoms with Gasteiger partial charge >= 0.3 is 24.0 Å². The average Bonchev–Trinajstić information content (AvgIpc) is 3.06. The number of amides is 1. The number of alkyl halides is 3. The molecule has 0 fully saturated rings. The molecule has 0 aliphatic carbocycles. The lowest BCUT2D eigenvalue weighted by Gasteiger charge is -2.17. The lowest BCUT2D eigenvalue weighted by atomic mass is 10.00. The summed E-state index contributed by atoms with van der Waals surface area (Å²) in [6.07, 6.45) is -6.12. The number of para-hydroxylation sites is 1. The van der Waals surface area contributed by atoms with Gasteiger partial charge in [-0.3, -0.25) is 9.59 Å². The minimum Gasteiger partial charge on any atom is -0.467 e. The number of esters is 2. The molecule has 8 nitrogen and oxygen atoms in total. The number of fused-ring (bicyclic) bond motifs is 1. The number of nitrogens with one attached hydrogen (secondary N) is 2. The molecule has 1 atom stereocenters. The Morgan fingerprint density at radius 2 is 1.83 bits per heavy atom. The van der Waals surface area contributed by atoms with Gasteiger partial charge in [0.2, 0.25) is 0 Å². The molecular formula is C18H17F3N2O6. The summed E-state index contributed by atoms with van der Waals surface area (Å²) in [6.45, 7) is 1.58. The second kappa shape index (κ2) is 8.76. The molecule has 29 heavy (non-hydrogen) atoms. The fourth-order valence-electron chi connectivity index (χ4n) is 2.65. The molecule has 1 aromatic carbocycles. The smallest absolute Gasteiger partial charge is 0.467 e. The molecule has 0 bridgehead atoms. The first-order chi connectivity index (χ1) is 13.6. The zero-order valence-corrected chi connectivity index (χ0v) is 15.4. The Hall–Kier alpha value is -3.37. The number of methoxy groups -OCH3 is 1. The maximum Gasteiger partial charge on any atom is 0.471 e. The molecular weight excluding hydrogens is 397 g/mol. The Balaban J connectivity index is 2.42. The minimum atomic E-state index is -5.26. The fraction of sp³-hybridized carbons (Fsp3) is 0.333. The molecule has 0 aliphatic heterocycles. The highest BCUT2D eigenvalue weighted by Crippen LogP contribution is 2.25. The number of aromatic amines is 1. The van der Waals surface area contributed by atoms with E-state index in [9.17, 15) is 32.3 Å². The van der Waals surface area contributed by atoms with Crippen LogP contribution in [0.1, 0.15) is 34.2 Å². The van der Waals surface area contributed by atoms with Crippen LogP contribution in [-0.2, 0) is 19.1 Å². The zero-order chi connectivity index (χ0) is 21.8. The number of carbonyl (C=O) groups is 4. The fourth-order valence-corrected chi connectivity index (χ4v) is 2.65. The number of aromatic nitrogens is 1. The monoisotopic (exact) mass is 414 g/mol. The number of carbonyl (C=O) groups excluding carboxylic acids is 4. The summed E-state index contributed by atoms with van der Waals surface area (Å²) < 4.78 is 46.9. The molecule has 0 aliphatic rings. The zero-order valence-electron chi connectivity index (χ0n) is 15.4. The normalized spacial score (nSPS) is 12.3. The SMILES string of the molecule is CCOC(=O)c1[nH]c2ccccc2c1C(=O)C[C@H](NC(=O)C(F)(F)F)C(=O)OC. The first-order valence-corrected chi connectivity index (χ1v) is 8.36. The first-order valence-electron chi connectivity index (χ1n) is 8.36. The molecule has 0 saturated carbocycles. The molecule has 0 saturated heterocycles. The van der Waals surface area contributed by atoms with Crippen molar-refractivity contribution in [2.75, 3.05) is 13.7 Å². The molecule has 1 aromatic heterocycles. The molecule has 0 radical (unpaired) electrons. The van der Waals surface area contributed by atoms with E-state index >= 15 is 0 Å². The van der Waals surface area contributed by atoms with Crippen molar-refractivity contribution in [1.29, 1.82) is 0 Å². The van der Waals surface area contributed by atoms with E-state index in [1.807, 2.05) is 0 Å². The summed E-state index contributed by atoms with van der Waals surface area (Å²) in [5.41, 5.74) is 0.0471. The van der Waals surface area contributed by atoms with Crippen molar-refractivity contribution in [3.63, 3.8) is 0 Å². The summed E-state index contributed by atoms with van der Waals surface area (Å²) in [7, 11) is 0.898. The van der Waals surface area contributed by atoms with E-state index in [0.29, 0.717) is 10.9 Å². The molecule has 2 N–H and O–H groups in total.